The van der Waals surface area contributed by atoms with Crippen LogP contribution in [0.5, 0.6) is 5.75 Å². The fourth-order valence-electron chi connectivity index (χ4n) is 2.97. The summed E-state index contributed by atoms with van der Waals surface area (Å²) in [5.41, 5.74) is 1.55. The number of carbonyl (C=O) groups is 1. The standard InChI is InChI=1S/C18H9BrF5N3O3/c19-12-6-10(30-18(22,23)24)3-4-13(12)27-7-9-2-1-8(5-11(9)17(27)28)15-25-26-16(29-15)14(20)21/h1-6,14H,7H2. The molecule has 12 heteroatoms. The van der Waals surface area contributed by atoms with Gasteiger partial charge in [0.25, 0.3) is 11.8 Å². The van der Waals surface area contributed by atoms with Crippen LogP contribution in [0.2, 0.25) is 0 Å². The molecule has 2 heterocycles. The lowest BCUT2D eigenvalue weighted by atomic mass is 10.1. The third-order valence-electron chi connectivity index (χ3n) is 4.23. The smallest absolute Gasteiger partial charge is 0.415 e. The van der Waals surface area contributed by atoms with Crippen molar-refractivity contribution in [1.82, 2.24) is 10.2 Å². The first-order valence-electron chi connectivity index (χ1n) is 8.24. The topological polar surface area (TPSA) is 68.5 Å². The number of benzene rings is 2. The van der Waals surface area contributed by atoms with Crippen LogP contribution in [0.1, 0.15) is 28.2 Å². The number of rotatable bonds is 4. The number of hydrogen-bond donors (Lipinski definition) is 0. The number of alkyl halides is 5. The lowest BCUT2D eigenvalue weighted by Crippen LogP contribution is -2.23. The van der Waals surface area contributed by atoms with Crippen LogP contribution in [0.25, 0.3) is 11.5 Å². The highest BCUT2D eigenvalue weighted by Gasteiger charge is 2.33. The predicted octanol–water partition coefficient (Wildman–Crippen LogP) is 5.50. The molecular weight excluding hydrogens is 481 g/mol. The van der Waals surface area contributed by atoms with E-state index in [9.17, 15) is 26.7 Å². The van der Waals surface area contributed by atoms with E-state index < -0.39 is 30.3 Å². The van der Waals surface area contributed by atoms with Crippen molar-refractivity contribution in [3.05, 3.63) is 57.9 Å². The molecule has 2 aromatic carbocycles. The van der Waals surface area contributed by atoms with Crippen molar-refractivity contribution >= 4 is 27.5 Å². The summed E-state index contributed by atoms with van der Waals surface area (Å²) in [6.07, 6.45) is -7.75. The Balaban J connectivity index is 1.61. The van der Waals surface area contributed by atoms with Crippen molar-refractivity contribution in [2.45, 2.75) is 19.3 Å². The molecule has 0 spiro atoms. The maximum absolute atomic E-state index is 12.9. The molecule has 6 nitrogen and oxygen atoms in total. The summed E-state index contributed by atoms with van der Waals surface area (Å²) in [6.45, 7) is 0.165. The normalized spacial score (nSPS) is 13.8. The second kappa shape index (κ2) is 7.35. The summed E-state index contributed by atoms with van der Waals surface area (Å²) >= 11 is 3.16. The van der Waals surface area contributed by atoms with E-state index in [4.69, 9.17) is 4.42 Å². The zero-order valence-corrected chi connectivity index (χ0v) is 16.2. The van der Waals surface area contributed by atoms with E-state index in [0.29, 0.717) is 11.3 Å². The van der Waals surface area contributed by atoms with Crippen molar-refractivity contribution in [1.29, 1.82) is 0 Å². The van der Waals surface area contributed by atoms with Gasteiger partial charge < -0.3 is 14.1 Å². The highest BCUT2D eigenvalue weighted by atomic mass is 79.9. The van der Waals surface area contributed by atoms with Gasteiger partial charge in [0, 0.05) is 15.6 Å². The molecule has 3 aromatic rings. The molecular formula is C18H9BrF5N3O3. The van der Waals surface area contributed by atoms with Gasteiger partial charge in [-0.15, -0.1) is 23.4 Å². The number of amides is 1. The van der Waals surface area contributed by atoms with Gasteiger partial charge in [0.1, 0.15) is 5.75 Å². The molecule has 1 aromatic heterocycles. The minimum atomic E-state index is -4.84. The maximum Gasteiger partial charge on any atom is 0.573 e. The molecule has 0 bridgehead atoms. The molecule has 0 atom stereocenters. The lowest BCUT2D eigenvalue weighted by Gasteiger charge is -2.18. The zero-order valence-electron chi connectivity index (χ0n) is 14.6. The molecule has 0 N–H and O–H groups in total. The first kappa shape index (κ1) is 20.3. The second-order valence-corrected chi connectivity index (χ2v) is 7.02. The number of anilines is 1. The van der Waals surface area contributed by atoms with E-state index in [1.165, 1.54) is 17.0 Å². The van der Waals surface area contributed by atoms with Gasteiger partial charge in [-0.3, -0.25) is 4.79 Å². The molecule has 0 fully saturated rings. The predicted molar refractivity (Wildman–Crippen MR) is 96.0 cm³/mol. The van der Waals surface area contributed by atoms with E-state index in [-0.39, 0.29) is 28.0 Å². The van der Waals surface area contributed by atoms with E-state index in [1.54, 1.807) is 12.1 Å². The van der Waals surface area contributed by atoms with Gasteiger partial charge in [-0.25, -0.2) is 0 Å². The molecule has 30 heavy (non-hydrogen) atoms. The largest absolute Gasteiger partial charge is 0.573 e. The second-order valence-electron chi connectivity index (χ2n) is 6.17. The number of hydrogen-bond acceptors (Lipinski definition) is 5. The number of nitrogens with zero attached hydrogens (tertiary/aromatic N) is 3. The minimum absolute atomic E-state index is 0.158. The molecule has 1 aliphatic heterocycles. The van der Waals surface area contributed by atoms with Crippen LogP contribution in [0.4, 0.5) is 27.6 Å². The Morgan fingerprint density at radius 2 is 1.90 bits per heavy atom. The van der Waals surface area contributed by atoms with Gasteiger partial charge in [0.2, 0.25) is 5.89 Å². The summed E-state index contributed by atoms with van der Waals surface area (Å²) < 4.78 is 71.4. The van der Waals surface area contributed by atoms with Gasteiger partial charge in [-0.2, -0.15) is 8.78 Å². The van der Waals surface area contributed by atoms with E-state index in [0.717, 1.165) is 12.1 Å². The summed E-state index contributed by atoms with van der Waals surface area (Å²) in [4.78, 5) is 14.2. The third kappa shape index (κ3) is 3.86. The van der Waals surface area contributed by atoms with Gasteiger partial charge in [-0.05, 0) is 51.8 Å². The Labute approximate surface area is 173 Å². The first-order valence-corrected chi connectivity index (χ1v) is 9.03. The number of aromatic nitrogens is 2. The molecule has 0 aliphatic carbocycles. The molecule has 0 radical (unpaired) electrons. The average Bonchev–Trinajstić information content (AvgIpc) is 3.26. The SMILES string of the molecule is O=C1c2cc(-c3nnc(C(F)F)o3)ccc2CN1c1ccc(OC(F)(F)F)cc1Br. The zero-order chi connectivity index (χ0) is 21.6. The molecule has 0 unspecified atom stereocenters. The van der Waals surface area contributed by atoms with Crippen LogP contribution in [0.15, 0.2) is 45.3 Å². The average molecular weight is 490 g/mol. The molecule has 1 amide bonds. The van der Waals surface area contributed by atoms with Crippen molar-refractivity contribution in [3.63, 3.8) is 0 Å². The van der Waals surface area contributed by atoms with E-state index >= 15 is 0 Å². The van der Waals surface area contributed by atoms with Gasteiger partial charge in [-0.1, -0.05) is 6.07 Å². The number of fused-ring (bicyclic) bond motifs is 1. The van der Waals surface area contributed by atoms with Crippen LogP contribution in [0.3, 0.4) is 0 Å². The van der Waals surface area contributed by atoms with Crippen molar-refractivity contribution < 1.29 is 35.9 Å². The van der Waals surface area contributed by atoms with Crippen LogP contribution < -0.4 is 9.64 Å². The van der Waals surface area contributed by atoms with E-state index in [1.807, 2.05) is 0 Å². The minimum Gasteiger partial charge on any atom is -0.415 e. The third-order valence-corrected chi connectivity index (χ3v) is 4.87. The fourth-order valence-corrected chi connectivity index (χ4v) is 3.54. The maximum atomic E-state index is 12.9. The van der Waals surface area contributed by atoms with Gasteiger partial charge >= 0.3 is 12.8 Å². The summed E-state index contributed by atoms with van der Waals surface area (Å²) in [7, 11) is 0. The summed E-state index contributed by atoms with van der Waals surface area (Å²) in [5.74, 6) is -1.85. The molecule has 0 saturated heterocycles. The van der Waals surface area contributed by atoms with Crippen LogP contribution >= 0.6 is 15.9 Å². The molecule has 0 saturated carbocycles. The Bertz CT molecular complexity index is 1130. The quantitative estimate of drug-likeness (QED) is 0.453. The van der Waals surface area contributed by atoms with Crippen LogP contribution in [-0.2, 0) is 6.54 Å². The molecule has 4 rings (SSSR count). The summed E-state index contributed by atoms with van der Waals surface area (Å²) in [5, 5.41) is 6.81. The Morgan fingerprint density at radius 1 is 1.13 bits per heavy atom. The Kier molecular flexibility index (Phi) is 4.96. The monoisotopic (exact) mass is 489 g/mol. The van der Waals surface area contributed by atoms with Crippen LogP contribution in [0, 0.1) is 0 Å². The van der Waals surface area contributed by atoms with Gasteiger partial charge in [0.15, 0.2) is 0 Å². The number of ether oxygens (including phenoxy) is 1. The Morgan fingerprint density at radius 3 is 2.53 bits per heavy atom. The van der Waals surface area contributed by atoms with E-state index in [2.05, 4.69) is 30.9 Å². The highest BCUT2D eigenvalue weighted by molar-refractivity contribution is 9.10. The van der Waals surface area contributed by atoms with Gasteiger partial charge in [0.05, 0.1) is 12.2 Å². The summed E-state index contributed by atoms with van der Waals surface area (Å²) in [6, 6.07) is 8.13. The Hall–Kier alpha value is -3.02. The molecule has 156 valence electrons. The fraction of sp³-hybridized carbons (Fsp3) is 0.167. The first-order chi connectivity index (χ1) is 14.1. The highest BCUT2D eigenvalue weighted by Crippen LogP contribution is 2.37. The van der Waals surface area contributed by atoms with Crippen molar-refractivity contribution in [2.75, 3.05) is 4.90 Å². The number of halogens is 6. The van der Waals surface area contributed by atoms with Crippen molar-refractivity contribution in [3.8, 4) is 17.2 Å². The van der Waals surface area contributed by atoms with Crippen LogP contribution in [-0.4, -0.2) is 22.5 Å². The lowest BCUT2D eigenvalue weighted by molar-refractivity contribution is -0.274. The van der Waals surface area contributed by atoms with Crippen molar-refractivity contribution in [2.24, 2.45) is 0 Å². The molecule has 1 aliphatic rings. The number of carbonyl (C=O) groups excluding carboxylic acids is 1.